The minimum absolute atomic E-state index is 0.256. The molecule has 0 bridgehead atoms. The van der Waals surface area contributed by atoms with Crippen molar-refractivity contribution in [1.82, 2.24) is 5.32 Å². The average molecular weight is 326 g/mol. The molecule has 21 heavy (non-hydrogen) atoms. The van der Waals surface area contributed by atoms with Gasteiger partial charge in [-0.2, -0.15) is 0 Å². The summed E-state index contributed by atoms with van der Waals surface area (Å²) in [6, 6.07) is 4.71. The van der Waals surface area contributed by atoms with Gasteiger partial charge in [0.15, 0.2) is 0 Å². The number of benzene rings is 1. The topological polar surface area (TPSA) is 47.6 Å². The van der Waals surface area contributed by atoms with Gasteiger partial charge >= 0.3 is 6.36 Å². The number of nitrogens with one attached hydrogen (secondary N) is 1. The summed E-state index contributed by atoms with van der Waals surface area (Å²) in [5, 5.41) is 2.63. The lowest BCUT2D eigenvalue weighted by molar-refractivity contribution is -0.274. The van der Waals surface area contributed by atoms with Crippen LogP contribution in [0.3, 0.4) is 0 Å². The zero-order valence-electron chi connectivity index (χ0n) is 11.1. The third-order valence-electron chi connectivity index (χ3n) is 2.32. The number of rotatable bonds is 8. The minimum Gasteiger partial charge on any atom is -0.406 e. The van der Waals surface area contributed by atoms with Crippen molar-refractivity contribution in [3.8, 4) is 5.75 Å². The van der Waals surface area contributed by atoms with Crippen LogP contribution in [-0.2, 0) is 4.74 Å². The zero-order valence-corrected chi connectivity index (χ0v) is 11.8. The summed E-state index contributed by atoms with van der Waals surface area (Å²) < 4.78 is 44.8. The predicted octanol–water partition coefficient (Wildman–Crippen LogP) is 2.96. The zero-order chi connectivity index (χ0) is 15.7. The molecule has 0 saturated heterocycles. The van der Waals surface area contributed by atoms with Gasteiger partial charge in [-0.05, 0) is 30.7 Å². The molecule has 118 valence electrons. The highest BCUT2D eigenvalue weighted by Crippen LogP contribution is 2.22. The van der Waals surface area contributed by atoms with Crippen LogP contribution < -0.4 is 10.1 Å². The molecule has 4 nitrogen and oxygen atoms in total. The fourth-order valence-electron chi connectivity index (χ4n) is 1.44. The van der Waals surface area contributed by atoms with E-state index in [0.717, 1.165) is 12.1 Å². The summed E-state index contributed by atoms with van der Waals surface area (Å²) in [6.45, 7) is 1.34. The summed E-state index contributed by atoms with van der Waals surface area (Å²) in [7, 11) is 0. The van der Waals surface area contributed by atoms with Crippen LogP contribution in [0.4, 0.5) is 13.2 Å². The Bertz CT molecular complexity index is 437. The molecule has 1 aromatic rings. The molecule has 1 N–H and O–H groups in total. The Hall–Kier alpha value is -1.47. The van der Waals surface area contributed by atoms with Gasteiger partial charge < -0.3 is 14.8 Å². The predicted molar refractivity (Wildman–Crippen MR) is 71.6 cm³/mol. The molecule has 0 heterocycles. The van der Waals surface area contributed by atoms with Crippen molar-refractivity contribution >= 4 is 17.5 Å². The Labute approximate surface area is 125 Å². The Morgan fingerprint density at radius 3 is 2.43 bits per heavy atom. The summed E-state index contributed by atoms with van der Waals surface area (Å²) in [5.74, 6) is -0.321. The summed E-state index contributed by atoms with van der Waals surface area (Å²) >= 11 is 5.42. The summed E-state index contributed by atoms with van der Waals surface area (Å²) in [5.41, 5.74) is 0.256. The summed E-state index contributed by atoms with van der Waals surface area (Å²) in [6.07, 6.45) is -4.12. The molecule has 1 amide bonds. The molecule has 0 unspecified atom stereocenters. The molecular formula is C13H15ClF3NO3. The molecule has 0 fully saturated rings. The van der Waals surface area contributed by atoms with Crippen molar-refractivity contribution in [2.75, 3.05) is 25.6 Å². The number of carbonyl (C=O) groups excluding carboxylic acids is 1. The second kappa shape index (κ2) is 8.74. The fraction of sp³-hybridized carbons (Fsp3) is 0.462. The summed E-state index contributed by atoms with van der Waals surface area (Å²) in [4.78, 5) is 11.7. The second-order valence-electron chi connectivity index (χ2n) is 3.98. The largest absolute Gasteiger partial charge is 0.573 e. The minimum atomic E-state index is -4.74. The van der Waals surface area contributed by atoms with Crippen molar-refractivity contribution in [3.05, 3.63) is 29.8 Å². The molecular weight excluding hydrogens is 311 g/mol. The Morgan fingerprint density at radius 1 is 1.19 bits per heavy atom. The number of carbonyl (C=O) groups is 1. The van der Waals surface area contributed by atoms with E-state index in [1.807, 2.05) is 0 Å². The van der Waals surface area contributed by atoms with E-state index in [4.69, 9.17) is 16.3 Å². The molecule has 0 aromatic heterocycles. The van der Waals surface area contributed by atoms with Crippen LogP contribution >= 0.6 is 11.6 Å². The van der Waals surface area contributed by atoms with Crippen LogP contribution in [0.25, 0.3) is 0 Å². The number of hydrogen-bond donors (Lipinski definition) is 1. The van der Waals surface area contributed by atoms with E-state index in [1.165, 1.54) is 12.1 Å². The fourth-order valence-corrected chi connectivity index (χ4v) is 1.55. The lowest BCUT2D eigenvalue weighted by atomic mass is 10.2. The maximum atomic E-state index is 12.0. The van der Waals surface area contributed by atoms with Crippen molar-refractivity contribution in [3.63, 3.8) is 0 Å². The number of alkyl halides is 4. The van der Waals surface area contributed by atoms with Crippen molar-refractivity contribution in [1.29, 1.82) is 0 Å². The van der Waals surface area contributed by atoms with Gasteiger partial charge in [0.2, 0.25) is 0 Å². The van der Waals surface area contributed by atoms with Crippen LogP contribution in [0.5, 0.6) is 5.75 Å². The lowest BCUT2D eigenvalue weighted by Gasteiger charge is -2.09. The highest BCUT2D eigenvalue weighted by molar-refractivity contribution is 6.17. The van der Waals surface area contributed by atoms with E-state index >= 15 is 0 Å². The molecule has 0 spiro atoms. The van der Waals surface area contributed by atoms with Gasteiger partial charge in [-0.15, -0.1) is 24.8 Å². The highest BCUT2D eigenvalue weighted by atomic mass is 35.5. The van der Waals surface area contributed by atoms with Crippen LogP contribution in [0.1, 0.15) is 16.8 Å². The maximum Gasteiger partial charge on any atom is 0.573 e. The first kappa shape index (κ1) is 17.6. The van der Waals surface area contributed by atoms with Gasteiger partial charge in [0.25, 0.3) is 5.91 Å². The molecule has 0 aliphatic carbocycles. The molecule has 8 heteroatoms. The van der Waals surface area contributed by atoms with Crippen LogP contribution in [0, 0.1) is 0 Å². The average Bonchev–Trinajstić information content (AvgIpc) is 2.41. The van der Waals surface area contributed by atoms with E-state index in [-0.39, 0.29) is 17.2 Å². The van der Waals surface area contributed by atoms with Gasteiger partial charge in [-0.3, -0.25) is 4.79 Å². The van der Waals surface area contributed by atoms with E-state index in [0.29, 0.717) is 32.1 Å². The number of ether oxygens (including phenoxy) is 2. The Balaban J connectivity index is 2.34. The SMILES string of the molecule is O=C(NCCCOCCCl)c1ccc(OC(F)(F)F)cc1. The van der Waals surface area contributed by atoms with E-state index < -0.39 is 6.36 Å². The first-order valence-electron chi connectivity index (χ1n) is 6.20. The van der Waals surface area contributed by atoms with Gasteiger partial charge in [0.05, 0.1) is 6.61 Å². The molecule has 1 aromatic carbocycles. The van der Waals surface area contributed by atoms with Crippen LogP contribution in [-0.4, -0.2) is 37.9 Å². The Morgan fingerprint density at radius 2 is 1.86 bits per heavy atom. The van der Waals surface area contributed by atoms with Gasteiger partial charge in [-0.25, -0.2) is 0 Å². The van der Waals surface area contributed by atoms with Gasteiger partial charge in [0.1, 0.15) is 5.75 Å². The Kier molecular flexibility index (Phi) is 7.31. The molecule has 1 rings (SSSR count). The van der Waals surface area contributed by atoms with Gasteiger partial charge in [-0.1, -0.05) is 0 Å². The first-order valence-corrected chi connectivity index (χ1v) is 6.73. The smallest absolute Gasteiger partial charge is 0.406 e. The number of hydrogen-bond acceptors (Lipinski definition) is 3. The second-order valence-corrected chi connectivity index (χ2v) is 4.36. The number of amides is 1. The third-order valence-corrected chi connectivity index (χ3v) is 2.48. The molecule has 0 aliphatic heterocycles. The monoisotopic (exact) mass is 325 g/mol. The van der Waals surface area contributed by atoms with E-state index in [1.54, 1.807) is 0 Å². The first-order chi connectivity index (χ1) is 9.92. The molecule has 0 saturated carbocycles. The molecule has 0 atom stereocenters. The van der Waals surface area contributed by atoms with Crippen molar-refractivity contribution < 1.29 is 27.4 Å². The lowest BCUT2D eigenvalue weighted by Crippen LogP contribution is -2.25. The van der Waals surface area contributed by atoms with Crippen LogP contribution in [0.15, 0.2) is 24.3 Å². The van der Waals surface area contributed by atoms with Gasteiger partial charge in [0, 0.05) is 24.6 Å². The van der Waals surface area contributed by atoms with E-state index in [2.05, 4.69) is 10.1 Å². The highest BCUT2D eigenvalue weighted by Gasteiger charge is 2.31. The normalized spacial score (nSPS) is 11.2. The molecule has 0 radical (unpaired) electrons. The maximum absolute atomic E-state index is 12.0. The van der Waals surface area contributed by atoms with Crippen molar-refractivity contribution in [2.24, 2.45) is 0 Å². The molecule has 0 aliphatic rings. The van der Waals surface area contributed by atoms with E-state index in [9.17, 15) is 18.0 Å². The van der Waals surface area contributed by atoms with Crippen LogP contribution in [0.2, 0.25) is 0 Å². The third kappa shape index (κ3) is 7.77. The quantitative estimate of drug-likeness (QED) is 0.590. The van der Waals surface area contributed by atoms with Crippen molar-refractivity contribution in [2.45, 2.75) is 12.8 Å². The standard InChI is InChI=1S/C13H15ClF3NO3/c14-6-9-20-8-1-7-18-12(19)10-2-4-11(5-3-10)21-13(15,16)17/h2-5H,1,6-9H2,(H,18,19). The number of halogens is 4.